The number of carboxylic acid groups (broad SMARTS) is 1. The summed E-state index contributed by atoms with van der Waals surface area (Å²) in [7, 11) is 0. The van der Waals surface area contributed by atoms with Gasteiger partial charge >= 0.3 is 5.97 Å². The van der Waals surface area contributed by atoms with Crippen LogP contribution in [0.5, 0.6) is 5.75 Å². The molecule has 0 spiro atoms. The van der Waals surface area contributed by atoms with Gasteiger partial charge in [0.15, 0.2) is 0 Å². The van der Waals surface area contributed by atoms with Crippen molar-refractivity contribution in [3.8, 4) is 16.9 Å². The van der Waals surface area contributed by atoms with Crippen LogP contribution in [0.25, 0.3) is 32.8 Å². The average molecular weight is 630 g/mol. The highest BCUT2D eigenvalue weighted by Gasteiger charge is 2.30. The summed E-state index contributed by atoms with van der Waals surface area (Å²) in [5.41, 5.74) is 3.92. The molecular weight excluding hydrogens is 592 g/mol. The Kier molecular flexibility index (Phi) is 8.46. The molecule has 1 saturated heterocycles. The lowest BCUT2D eigenvalue weighted by molar-refractivity contribution is 0.0683. The fourth-order valence-corrected chi connectivity index (χ4v) is 7.02. The monoisotopic (exact) mass is 629 g/mol. The number of hydrogen-bond donors (Lipinski definition) is 2. The van der Waals surface area contributed by atoms with Crippen molar-refractivity contribution in [1.29, 1.82) is 0 Å². The molecule has 0 saturated carbocycles. The Hall–Kier alpha value is -4.32. The molecule has 2 aliphatic rings. The summed E-state index contributed by atoms with van der Waals surface area (Å²) < 4.78 is 45.4. The Labute approximate surface area is 265 Å². The van der Waals surface area contributed by atoms with Crippen molar-refractivity contribution in [2.75, 3.05) is 45.9 Å². The summed E-state index contributed by atoms with van der Waals surface area (Å²) in [6.07, 6.45) is 0.939. The Bertz CT molecular complexity index is 1930. The molecule has 0 unspecified atom stereocenters. The zero-order chi connectivity index (χ0) is 31.8. The van der Waals surface area contributed by atoms with Crippen LogP contribution in [0.15, 0.2) is 48.5 Å². The predicted molar refractivity (Wildman–Crippen MR) is 172 cm³/mol. The molecule has 2 aliphatic heterocycles. The molecule has 0 amide bonds. The van der Waals surface area contributed by atoms with Gasteiger partial charge < -0.3 is 24.5 Å². The second kappa shape index (κ2) is 12.8. The molecule has 240 valence electrons. The lowest BCUT2D eigenvalue weighted by atomic mass is 9.97. The van der Waals surface area contributed by atoms with Gasteiger partial charge in [-0.15, -0.1) is 0 Å². The van der Waals surface area contributed by atoms with Gasteiger partial charge in [0.05, 0.1) is 43.3 Å². The van der Waals surface area contributed by atoms with E-state index < -0.39 is 11.8 Å². The number of carbonyl (C=O) groups is 1. The lowest BCUT2D eigenvalue weighted by Crippen LogP contribution is -2.44. The zero-order valence-electron chi connectivity index (χ0n) is 25.8. The highest BCUT2D eigenvalue weighted by atomic mass is 19.1. The predicted octanol–water partition coefficient (Wildman–Crippen LogP) is 5.39. The third kappa shape index (κ3) is 5.63. The van der Waals surface area contributed by atoms with Crippen LogP contribution < -0.4 is 10.1 Å². The van der Waals surface area contributed by atoms with Crippen LogP contribution >= 0.6 is 0 Å². The topological polar surface area (TPSA) is 93.8 Å². The minimum absolute atomic E-state index is 0.174. The van der Waals surface area contributed by atoms with Gasteiger partial charge in [-0.05, 0) is 67.1 Å². The fraction of sp³-hybridized carbons (Fsp3) is 0.371. The molecule has 2 N–H and O–H groups in total. The molecule has 3 aromatic carbocycles. The van der Waals surface area contributed by atoms with Gasteiger partial charge in [0.2, 0.25) is 0 Å². The summed E-state index contributed by atoms with van der Waals surface area (Å²) in [5, 5.41) is 21.0. The zero-order valence-corrected chi connectivity index (χ0v) is 25.8. The minimum atomic E-state index is -1.05. The van der Waals surface area contributed by atoms with Gasteiger partial charge in [-0.3, -0.25) is 9.58 Å². The van der Waals surface area contributed by atoms with Crippen molar-refractivity contribution >= 4 is 27.6 Å². The summed E-state index contributed by atoms with van der Waals surface area (Å²) in [6, 6.07) is 13.2. The van der Waals surface area contributed by atoms with Gasteiger partial charge in [0.25, 0.3) is 0 Å². The standard InChI is InChI=1S/C35H37F2N5O4/c1-22-31(29-21-45-19-17-42(29)39-22)32-28(37)10-9-27-26(5-3-18-46-30-6-2-4-23-20-24(36)7-8-25(23)30)34(35(43)44)41(33(27)32)16-15-40-13-11-38-12-14-40/h2,4,6-10,20,38H,3,5,11-19,21H2,1H3,(H,43,44). The normalized spacial score (nSPS) is 15.5. The molecule has 0 bridgehead atoms. The van der Waals surface area contributed by atoms with Crippen molar-refractivity contribution in [2.45, 2.75) is 39.5 Å². The van der Waals surface area contributed by atoms with E-state index in [1.807, 2.05) is 29.8 Å². The Morgan fingerprint density at radius 2 is 1.87 bits per heavy atom. The Morgan fingerprint density at radius 1 is 1.04 bits per heavy atom. The quantitative estimate of drug-likeness (QED) is 0.200. The molecule has 2 aromatic heterocycles. The van der Waals surface area contributed by atoms with Crippen molar-refractivity contribution in [3.63, 3.8) is 0 Å². The molecular formula is C35H37F2N5O4. The number of hydrogen-bond acceptors (Lipinski definition) is 6. The summed E-state index contributed by atoms with van der Waals surface area (Å²) >= 11 is 0. The van der Waals surface area contributed by atoms with E-state index in [0.29, 0.717) is 91.3 Å². The van der Waals surface area contributed by atoms with Gasteiger partial charge in [-0.25, -0.2) is 13.6 Å². The van der Waals surface area contributed by atoms with E-state index in [0.717, 1.165) is 42.6 Å². The van der Waals surface area contributed by atoms with E-state index in [1.54, 1.807) is 16.7 Å². The molecule has 4 heterocycles. The summed E-state index contributed by atoms with van der Waals surface area (Å²) in [6.45, 7) is 8.12. The third-order valence-electron chi connectivity index (χ3n) is 9.13. The molecule has 0 radical (unpaired) electrons. The van der Waals surface area contributed by atoms with Gasteiger partial charge in [-0.1, -0.05) is 12.1 Å². The maximum atomic E-state index is 16.1. The third-order valence-corrected chi connectivity index (χ3v) is 9.13. The lowest BCUT2D eigenvalue weighted by Gasteiger charge is -2.27. The fourth-order valence-electron chi connectivity index (χ4n) is 7.02. The van der Waals surface area contributed by atoms with Crippen LogP contribution in [-0.4, -0.2) is 76.3 Å². The molecule has 11 heteroatoms. The maximum absolute atomic E-state index is 16.1. The van der Waals surface area contributed by atoms with Gasteiger partial charge in [-0.2, -0.15) is 5.10 Å². The minimum Gasteiger partial charge on any atom is -0.493 e. The number of carboxylic acids is 1. The van der Waals surface area contributed by atoms with E-state index in [1.165, 1.54) is 18.2 Å². The smallest absolute Gasteiger partial charge is 0.352 e. The van der Waals surface area contributed by atoms with Crippen LogP contribution in [0.1, 0.15) is 33.9 Å². The molecule has 0 atom stereocenters. The van der Waals surface area contributed by atoms with Crippen LogP contribution in [0, 0.1) is 18.6 Å². The second-order valence-corrected chi connectivity index (χ2v) is 12.0. The van der Waals surface area contributed by atoms with Gasteiger partial charge in [0, 0.05) is 61.2 Å². The maximum Gasteiger partial charge on any atom is 0.352 e. The summed E-state index contributed by atoms with van der Waals surface area (Å²) in [5.74, 6) is -1.14. The van der Waals surface area contributed by atoms with Crippen LogP contribution in [-0.2, 0) is 30.9 Å². The number of nitrogens with one attached hydrogen (secondary N) is 1. The van der Waals surface area contributed by atoms with Crippen molar-refractivity contribution < 1.29 is 28.2 Å². The summed E-state index contributed by atoms with van der Waals surface area (Å²) in [4.78, 5) is 15.3. The number of ether oxygens (including phenoxy) is 2. The number of rotatable bonds is 10. The Balaban J connectivity index is 1.28. The number of fused-ring (bicyclic) bond motifs is 3. The SMILES string of the molecule is Cc1nn2c(c1-c1c(F)ccc3c(CCCOc4cccc5cc(F)ccc45)c(C(=O)O)n(CCN4CCNCC4)c13)COCC2. The van der Waals surface area contributed by atoms with E-state index in [-0.39, 0.29) is 11.5 Å². The average Bonchev–Trinajstić information content (AvgIpc) is 3.56. The molecule has 7 rings (SSSR count). The van der Waals surface area contributed by atoms with Crippen molar-refractivity contribution in [1.82, 2.24) is 24.6 Å². The molecule has 9 nitrogen and oxygen atoms in total. The number of aromatic carboxylic acids is 1. The Morgan fingerprint density at radius 3 is 2.70 bits per heavy atom. The first-order chi connectivity index (χ1) is 22.4. The number of piperazine rings is 1. The number of nitrogens with zero attached hydrogens (tertiary/aromatic N) is 4. The first-order valence-electron chi connectivity index (χ1n) is 15.9. The van der Waals surface area contributed by atoms with Crippen LogP contribution in [0.2, 0.25) is 0 Å². The first kappa shape index (κ1) is 30.3. The van der Waals surface area contributed by atoms with E-state index in [2.05, 4.69) is 10.2 Å². The second-order valence-electron chi connectivity index (χ2n) is 12.0. The number of aryl methyl sites for hydroxylation is 2. The van der Waals surface area contributed by atoms with E-state index in [9.17, 15) is 14.3 Å². The number of halogens is 2. The van der Waals surface area contributed by atoms with Gasteiger partial charge in [0.1, 0.15) is 23.1 Å². The first-order valence-corrected chi connectivity index (χ1v) is 15.9. The largest absolute Gasteiger partial charge is 0.493 e. The number of aromatic nitrogens is 3. The molecule has 0 aliphatic carbocycles. The van der Waals surface area contributed by atoms with Crippen molar-refractivity contribution in [3.05, 3.63) is 82.8 Å². The molecule has 5 aromatic rings. The highest BCUT2D eigenvalue weighted by molar-refractivity contribution is 6.04. The van der Waals surface area contributed by atoms with Crippen LogP contribution in [0.3, 0.4) is 0 Å². The molecule has 46 heavy (non-hydrogen) atoms. The highest BCUT2D eigenvalue weighted by Crippen LogP contribution is 2.40. The van der Waals surface area contributed by atoms with Crippen molar-refractivity contribution in [2.24, 2.45) is 0 Å². The van der Waals surface area contributed by atoms with E-state index in [4.69, 9.17) is 14.6 Å². The van der Waals surface area contributed by atoms with E-state index >= 15 is 4.39 Å². The number of benzene rings is 3. The molecule has 1 fully saturated rings. The van der Waals surface area contributed by atoms with Crippen LogP contribution in [0.4, 0.5) is 8.78 Å².